The standard InChI is InChI=1S/C22H25N3O3S/c1-22(2,21(26)24-17-8-6-7-9-20(17)29-5)25-14-16(13-23-25)15-10-11-18(27-3)19(12-15)28-4/h6-14H,1-5H3,(H,24,26). The van der Waals surface area contributed by atoms with E-state index >= 15 is 0 Å². The lowest BCUT2D eigenvalue weighted by Gasteiger charge is -2.24. The first-order chi connectivity index (χ1) is 13.9. The topological polar surface area (TPSA) is 65.4 Å². The van der Waals surface area contributed by atoms with E-state index in [1.165, 1.54) is 0 Å². The van der Waals surface area contributed by atoms with Gasteiger partial charge in [-0.3, -0.25) is 9.48 Å². The van der Waals surface area contributed by atoms with E-state index in [4.69, 9.17) is 9.47 Å². The number of rotatable bonds is 7. The van der Waals surface area contributed by atoms with Crippen LogP contribution in [0, 0.1) is 0 Å². The first kappa shape index (κ1) is 20.8. The number of amides is 1. The molecular weight excluding hydrogens is 386 g/mol. The first-order valence-electron chi connectivity index (χ1n) is 9.12. The highest BCUT2D eigenvalue weighted by Crippen LogP contribution is 2.33. The zero-order valence-corrected chi connectivity index (χ0v) is 18.0. The van der Waals surface area contributed by atoms with Crippen molar-refractivity contribution in [2.24, 2.45) is 0 Å². The van der Waals surface area contributed by atoms with Gasteiger partial charge in [0.15, 0.2) is 11.5 Å². The van der Waals surface area contributed by atoms with Gasteiger partial charge in [-0.15, -0.1) is 11.8 Å². The number of anilines is 1. The lowest BCUT2D eigenvalue weighted by atomic mass is 10.0. The molecule has 0 spiro atoms. The lowest BCUT2D eigenvalue weighted by molar-refractivity contribution is -0.123. The molecular formula is C22H25N3O3S. The Bertz CT molecular complexity index is 1010. The molecule has 0 aliphatic heterocycles. The van der Waals surface area contributed by atoms with E-state index in [1.807, 2.05) is 68.8 Å². The van der Waals surface area contributed by atoms with Crippen molar-refractivity contribution in [2.45, 2.75) is 24.3 Å². The molecule has 2 aromatic carbocycles. The van der Waals surface area contributed by atoms with Gasteiger partial charge in [-0.05, 0) is 49.9 Å². The van der Waals surface area contributed by atoms with Crippen molar-refractivity contribution in [3.05, 3.63) is 54.9 Å². The van der Waals surface area contributed by atoms with Crippen molar-refractivity contribution in [3.63, 3.8) is 0 Å². The largest absolute Gasteiger partial charge is 0.493 e. The smallest absolute Gasteiger partial charge is 0.251 e. The molecule has 0 aliphatic carbocycles. The zero-order valence-electron chi connectivity index (χ0n) is 17.2. The second kappa shape index (κ2) is 8.61. The van der Waals surface area contributed by atoms with E-state index in [2.05, 4.69) is 10.4 Å². The second-order valence-electron chi connectivity index (χ2n) is 6.96. The molecule has 0 saturated heterocycles. The minimum absolute atomic E-state index is 0.138. The van der Waals surface area contributed by atoms with Crippen LogP contribution in [-0.2, 0) is 10.3 Å². The highest BCUT2D eigenvalue weighted by molar-refractivity contribution is 7.98. The SMILES string of the molecule is COc1ccc(-c2cnn(C(C)(C)C(=O)Nc3ccccc3SC)c2)cc1OC. The molecule has 152 valence electrons. The number of benzene rings is 2. The van der Waals surface area contributed by atoms with Crippen LogP contribution in [0.4, 0.5) is 5.69 Å². The summed E-state index contributed by atoms with van der Waals surface area (Å²) in [6.45, 7) is 3.69. The molecule has 29 heavy (non-hydrogen) atoms. The van der Waals surface area contributed by atoms with Crippen molar-refractivity contribution < 1.29 is 14.3 Å². The molecule has 0 unspecified atom stereocenters. The molecule has 1 heterocycles. The molecule has 3 aromatic rings. The van der Waals surface area contributed by atoms with Crippen molar-refractivity contribution >= 4 is 23.4 Å². The first-order valence-corrected chi connectivity index (χ1v) is 10.3. The summed E-state index contributed by atoms with van der Waals surface area (Å²) in [6, 6.07) is 13.4. The molecule has 0 saturated carbocycles. The molecule has 7 heteroatoms. The number of methoxy groups -OCH3 is 2. The van der Waals surface area contributed by atoms with Crippen LogP contribution in [0.5, 0.6) is 11.5 Å². The van der Waals surface area contributed by atoms with Gasteiger partial charge in [-0.2, -0.15) is 5.10 Å². The Labute approximate surface area is 175 Å². The van der Waals surface area contributed by atoms with Crippen LogP contribution < -0.4 is 14.8 Å². The summed E-state index contributed by atoms with van der Waals surface area (Å²) in [4.78, 5) is 14.0. The summed E-state index contributed by atoms with van der Waals surface area (Å²) in [5.74, 6) is 1.17. The number of hydrogen-bond donors (Lipinski definition) is 1. The zero-order chi connectivity index (χ0) is 21.0. The van der Waals surface area contributed by atoms with E-state index in [1.54, 1.807) is 36.9 Å². The molecule has 0 radical (unpaired) electrons. The molecule has 0 fully saturated rings. The Kier molecular flexibility index (Phi) is 6.17. The number of ether oxygens (including phenoxy) is 2. The number of nitrogens with zero attached hydrogens (tertiary/aromatic N) is 2. The lowest BCUT2D eigenvalue weighted by Crippen LogP contribution is -2.40. The van der Waals surface area contributed by atoms with Gasteiger partial charge in [0, 0.05) is 16.7 Å². The number of hydrogen-bond acceptors (Lipinski definition) is 5. The molecule has 3 rings (SSSR count). The molecule has 1 N–H and O–H groups in total. The van der Waals surface area contributed by atoms with Gasteiger partial charge < -0.3 is 14.8 Å². The van der Waals surface area contributed by atoms with Gasteiger partial charge in [0.1, 0.15) is 5.54 Å². The highest BCUT2D eigenvalue weighted by atomic mass is 32.2. The van der Waals surface area contributed by atoms with Crippen molar-refractivity contribution in [3.8, 4) is 22.6 Å². The summed E-state index contributed by atoms with van der Waals surface area (Å²) in [7, 11) is 3.21. The maximum absolute atomic E-state index is 13.0. The molecule has 1 amide bonds. The van der Waals surface area contributed by atoms with Crippen LogP contribution in [0.3, 0.4) is 0 Å². The Morgan fingerprint density at radius 2 is 1.79 bits per heavy atom. The third kappa shape index (κ3) is 4.24. The minimum atomic E-state index is -0.875. The predicted octanol–water partition coefficient (Wildman–Crippen LogP) is 4.66. The Balaban J connectivity index is 1.85. The average Bonchev–Trinajstić information content (AvgIpc) is 3.24. The normalized spacial score (nSPS) is 11.2. The van der Waals surface area contributed by atoms with Crippen LogP contribution in [0.1, 0.15) is 13.8 Å². The summed E-state index contributed by atoms with van der Waals surface area (Å²) in [5, 5.41) is 7.47. The minimum Gasteiger partial charge on any atom is -0.493 e. The quantitative estimate of drug-likeness (QED) is 0.573. The fourth-order valence-corrected chi connectivity index (χ4v) is 3.47. The number of carbonyl (C=O) groups is 1. The molecule has 0 bridgehead atoms. The fourth-order valence-electron chi connectivity index (χ4n) is 2.92. The molecule has 6 nitrogen and oxygen atoms in total. The van der Waals surface area contributed by atoms with E-state index in [0.717, 1.165) is 21.7 Å². The van der Waals surface area contributed by atoms with Crippen LogP contribution in [0.25, 0.3) is 11.1 Å². The van der Waals surface area contributed by atoms with Gasteiger partial charge in [0.25, 0.3) is 5.91 Å². The average molecular weight is 412 g/mol. The van der Waals surface area contributed by atoms with Gasteiger partial charge in [0.05, 0.1) is 26.1 Å². The van der Waals surface area contributed by atoms with Crippen LogP contribution >= 0.6 is 11.8 Å². The number of para-hydroxylation sites is 1. The number of carbonyl (C=O) groups excluding carboxylic acids is 1. The number of thioether (sulfide) groups is 1. The van der Waals surface area contributed by atoms with E-state index in [9.17, 15) is 4.79 Å². The van der Waals surface area contributed by atoms with Gasteiger partial charge in [0.2, 0.25) is 0 Å². The third-order valence-electron chi connectivity index (χ3n) is 4.78. The van der Waals surface area contributed by atoms with Gasteiger partial charge >= 0.3 is 0 Å². The van der Waals surface area contributed by atoms with Crippen LogP contribution in [0.15, 0.2) is 59.8 Å². The summed E-state index contributed by atoms with van der Waals surface area (Å²) < 4.78 is 12.4. The Morgan fingerprint density at radius 1 is 1.07 bits per heavy atom. The number of aromatic nitrogens is 2. The molecule has 0 atom stereocenters. The second-order valence-corrected chi connectivity index (χ2v) is 7.80. The third-order valence-corrected chi connectivity index (χ3v) is 5.58. The number of nitrogens with one attached hydrogen (secondary N) is 1. The fraction of sp³-hybridized carbons (Fsp3) is 0.273. The van der Waals surface area contributed by atoms with E-state index < -0.39 is 5.54 Å². The maximum atomic E-state index is 13.0. The highest BCUT2D eigenvalue weighted by Gasteiger charge is 2.31. The van der Waals surface area contributed by atoms with Gasteiger partial charge in [-0.25, -0.2) is 0 Å². The summed E-state index contributed by atoms with van der Waals surface area (Å²) in [5.41, 5.74) is 1.74. The van der Waals surface area contributed by atoms with Crippen LogP contribution in [-0.4, -0.2) is 36.2 Å². The van der Waals surface area contributed by atoms with E-state index in [-0.39, 0.29) is 5.91 Å². The molecule has 0 aliphatic rings. The van der Waals surface area contributed by atoms with Crippen LogP contribution in [0.2, 0.25) is 0 Å². The summed E-state index contributed by atoms with van der Waals surface area (Å²) >= 11 is 1.59. The van der Waals surface area contributed by atoms with Crippen molar-refractivity contribution in [1.29, 1.82) is 0 Å². The molecule has 1 aromatic heterocycles. The van der Waals surface area contributed by atoms with E-state index in [0.29, 0.717) is 11.5 Å². The Hall–Kier alpha value is -2.93. The summed E-state index contributed by atoms with van der Waals surface area (Å²) in [6.07, 6.45) is 5.59. The monoisotopic (exact) mass is 411 g/mol. The maximum Gasteiger partial charge on any atom is 0.251 e. The Morgan fingerprint density at radius 3 is 2.48 bits per heavy atom. The van der Waals surface area contributed by atoms with Gasteiger partial charge in [-0.1, -0.05) is 18.2 Å². The predicted molar refractivity (Wildman–Crippen MR) is 117 cm³/mol. The van der Waals surface area contributed by atoms with Crippen molar-refractivity contribution in [2.75, 3.05) is 25.8 Å². The van der Waals surface area contributed by atoms with Crippen molar-refractivity contribution in [1.82, 2.24) is 9.78 Å².